The highest BCUT2D eigenvalue weighted by Crippen LogP contribution is 2.47. The van der Waals surface area contributed by atoms with Gasteiger partial charge < -0.3 is 19.3 Å². The second-order valence-electron chi connectivity index (χ2n) is 9.87. The molecule has 7 nitrogen and oxygen atoms in total. The summed E-state index contributed by atoms with van der Waals surface area (Å²) in [7, 11) is -3.00. The molecular weight excluding hydrogens is 492 g/mol. The van der Waals surface area contributed by atoms with E-state index in [1.54, 1.807) is 0 Å². The number of sulfone groups is 1. The maximum Gasteiger partial charge on any atom is 0.307 e. The van der Waals surface area contributed by atoms with E-state index in [2.05, 4.69) is 6.07 Å². The number of aliphatic carboxylic acids is 1. The topological polar surface area (TPSA) is 99.1 Å². The molecule has 2 unspecified atom stereocenters. The van der Waals surface area contributed by atoms with Crippen LogP contribution in [0.15, 0.2) is 54.6 Å². The molecule has 2 aliphatic rings. The third-order valence-electron chi connectivity index (χ3n) is 6.84. The molecule has 0 radical (unpaired) electrons. The first kappa shape index (κ1) is 25.1. The summed E-state index contributed by atoms with van der Waals surface area (Å²) >= 11 is 0. The first-order valence-corrected chi connectivity index (χ1v) is 14.4. The summed E-state index contributed by atoms with van der Waals surface area (Å²) in [5.74, 6) is 1.48. The molecule has 1 fully saturated rings. The lowest BCUT2D eigenvalue weighted by Gasteiger charge is -2.24. The Kier molecular flexibility index (Phi) is 6.86. The Bertz CT molecular complexity index is 1430. The Balaban J connectivity index is 1.25. The fourth-order valence-corrected chi connectivity index (χ4v) is 5.52. The molecule has 1 heterocycles. The summed E-state index contributed by atoms with van der Waals surface area (Å²) in [6.07, 6.45) is 2.38. The van der Waals surface area contributed by atoms with Gasteiger partial charge in [0.2, 0.25) is 0 Å². The number of ether oxygens (including phenoxy) is 3. The predicted octanol–water partition coefficient (Wildman–Crippen LogP) is 5.14. The first-order chi connectivity index (χ1) is 17.7. The zero-order valence-electron chi connectivity index (χ0n) is 20.9. The minimum Gasteiger partial charge on any atom is -0.494 e. The van der Waals surface area contributed by atoms with Crippen LogP contribution in [0.4, 0.5) is 0 Å². The molecule has 0 bridgehead atoms. The van der Waals surface area contributed by atoms with Crippen molar-refractivity contribution in [2.45, 2.75) is 38.9 Å². The minimum atomic E-state index is -3.00. The molecule has 1 saturated carbocycles. The second kappa shape index (κ2) is 10.1. The quantitative estimate of drug-likeness (QED) is 0.368. The van der Waals surface area contributed by atoms with E-state index in [1.807, 2.05) is 55.5 Å². The van der Waals surface area contributed by atoms with Crippen LogP contribution in [0, 0.1) is 12.8 Å². The van der Waals surface area contributed by atoms with Crippen molar-refractivity contribution >= 4 is 15.8 Å². The molecule has 194 valence electrons. The van der Waals surface area contributed by atoms with Crippen LogP contribution in [0.5, 0.6) is 17.2 Å². The number of benzene rings is 3. The van der Waals surface area contributed by atoms with Gasteiger partial charge in [-0.2, -0.15) is 0 Å². The zero-order chi connectivity index (χ0) is 26.2. The van der Waals surface area contributed by atoms with Crippen LogP contribution in [-0.2, 0) is 27.8 Å². The summed E-state index contributed by atoms with van der Waals surface area (Å²) in [6.45, 7) is 3.21. The molecule has 1 N–H and O–H groups in total. The van der Waals surface area contributed by atoms with E-state index in [4.69, 9.17) is 19.3 Å². The van der Waals surface area contributed by atoms with Crippen molar-refractivity contribution in [3.05, 3.63) is 76.9 Å². The SMILES string of the molecule is Cc1cc(OCCCS(C)(=O)=O)cc2c1-c1cc(COc3ccc(C4CC4C(=O)O)cc3)ccc1OC2. The maximum atomic E-state index is 11.3. The molecule has 0 spiro atoms. The summed E-state index contributed by atoms with van der Waals surface area (Å²) in [6, 6.07) is 17.7. The first-order valence-electron chi connectivity index (χ1n) is 12.3. The molecule has 0 aromatic heterocycles. The van der Waals surface area contributed by atoms with Gasteiger partial charge in [0.1, 0.15) is 40.3 Å². The van der Waals surface area contributed by atoms with Gasteiger partial charge >= 0.3 is 5.97 Å². The fourth-order valence-electron chi connectivity index (χ4n) is 4.88. The van der Waals surface area contributed by atoms with Gasteiger partial charge in [0.15, 0.2) is 0 Å². The summed E-state index contributed by atoms with van der Waals surface area (Å²) in [4.78, 5) is 11.1. The lowest BCUT2D eigenvalue weighted by Crippen LogP contribution is -2.10. The Morgan fingerprint density at radius 1 is 1.05 bits per heavy atom. The Hall–Kier alpha value is -3.52. The largest absolute Gasteiger partial charge is 0.494 e. The van der Waals surface area contributed by atoms with E-state index in [-0.39, 0.29) is 17.6 Å². The van der Waals surface area contributed by atoms with Crippen molar-refractivity contribution in [3.63, 3.8) is 0 Å². The van der Waals surface area contributed by atoms with Crippen LogP contribution in [-0.4, -0.2) is 38.1 Å². The smallest absolute Gasteiger partial charge is 0.307 e. The van der Waals surface area contributed by atoms with Crippen LogP contribution in [0.1, 0.15) is 41.0 Å². The molecule has 8 heteroatoms. The maximum absolute atomic E-state index is 11.3. The van der Waals surface area contributed by atoms with E-state index in [1.165, 1.54) is 6.26 Å². The van der Waals surface area contributed by atoms with Crippen LogP contribution in [0.3, 0.4) is 0 Å². The molecule has 5 rings (SSSR count). The van der Waals surface area contributed by atoms with Gasteiger partial charge in [0, 0.05) is 17.4 Å². The fraction of sp³-hybridized carbons (Fsp3) is 0.345. The molecule has 3 aromatic carbocycles. The Morgan fingerprint density at radius 2 is 1.84 bits per heavy atom. The van der Waals surface area contributed by atoms with E-state index in [0.717, 1.165) is 44.9 Å². The molecule has 37 heavy (non-hydrogen) atoms. The molecule has 1 aliphatic carbocycles. The van der Waals surface area contributed by atoms with Gasteiger partial charge in [0.05, 0.1) is 18.3 Å². The lowest BCUT2D eigenvalue weighted by atomic mass is 9.91. The molecular formula is C29H30O7S. The average Bonchev–Trinajstić information content (AvgIpc) is 3.66. The molecule has 0 amide bonds. The number of carboxylic acids is 1. The highest BCUT2D eigenvalue weighted by Gasteiger charge is 2.44. The van der Waals surface area contributed by atoms with E-state index in [0.29, 0.717) is 38.4 Å². The van der Waals surface area contributed by atoms with Gasteiger partial charge in [-0.3, -0.25) is 4.79 Å². The van der Waals surface area contributed by atoms with Crippen LogP contribution < -0.4 is 14.2 Å². The number of fused-ring (bicyclic) bond motifs is 3. The predicted molar refractivity (Wildman–Crippen MR) is 140 cm³/mol. The standard InChI is InChI=1S/C29H30O7S/c1-18-12-23(34-10-3-11-37(2,32)33)14-21-17-36-27-9-4-19(13-26(27)28(18)21)16-35-22-7-5-20(6-8-22)24-15-25(24)29(30)31/h4-9,12-14,24-25H,3,10-11,15-17H2,1-2H3,(H,30,31). The van der Waals surface area contributed by atoms with Crippen molar-refractivity contribution < 1.29 is 32.5 Å². The van der Waals surface area contributed by atoms with Crippen molar-refractivity contribution in [2.24, 2.45) is 5.92 Å². The van der Waals surface area contributed by atoms with Crippen molar-refractivity contribution in [2.75, 3.05) is 18.6 Å². The third kappa shape index (κ3) is 5.91. The summed E-state index contributed by atoms with van der Waals surface area (Å²) in [5, 5.41) is 9.14. The monoisotopic (exact) mass is 522 g/mol. The Labute approximate surface area is 216 Å². The molecule has 1 aliphatic heterocycles. The number of carbonyl (C=O) groups is 1. The number of aryl methyl sites for hydroxylation is 1. The molecule has 0 saturated heterocycles. The average molecular weight is 523 g/mol. The van der Waals surface area contributed by atoms with Crippen LogP contribution >= 0.6 is 0 Å². The lowest BCUT2D eigenvalue weighted by molar-refractivity contribution is -0.138. The number of rotatable bonds is 10. The highest BCUT2D eigenvalue weighted by atomic mass is 32.2. The van der Waals surface area contributed by atoms with Gasteiger partial charge in [-0.1, -0.05) is 18.2 Å². The zero-order valence-corrected chi connectivity index (χ0v) is 21.7. The van der Waals surface area contributed by atoms with E-state index < -0.39 is 15.8 Å². The normalized spacial score (nSPS) is 17.8. The molecule has 2 atom stereocenters. The number of carboxylic acid groups (broad SMARTS) is 1. The van der Waals surface area contributed by atoms with E-state index in [9.17, 15) is 13.2 Å². The van der Waals surface area contributed by atoms with Gasteiger partial charge in [0.25, 0.3) is 0 Å². The van der Waals surface area contributed by atoms with Gasteiger partial charge in [-0.25, -0.2) is 8.42 Å². The number of hydrogen-bond donors (Lipinski definition) is 1. The van der Waals surface area contributed by atoms with Gasteiger partial charge in [-0.15, -0.1) is 0 Å². The van der Waals surface area contributed by atoms with Gasteiger partial charge in [-0.05, 0) is 84.3 Å². The molecule has 3 aromatic rings. The highest BCUT2D eigenvalue weighted by molar-refractivity contribution is 7.90. The van der Waals surface area contributed by atoms with Crippen molar-refractivity contribution in [1.82, 2.24) is 0 Å². The minimum absolute atomic E-state index is 0.105. The van der Waals surface area contributed by atoms with Crippen LogP contribution in [0.25, 0.3) is 11.1 Å². The second-order valence-corrected chi connectivity index (χ2v) is 12.1. The van der Waals surface area contributed by atoms with E-state index >= 15 is 0 Å². The number of hydrogen-bond acceptors (Lipinski definition) is 6. The summed E-state index contributed by atoms with van der Waals surface area (Å²) < 4.78 is 40.5. The van der Waals surface area contributed by atoms with Crippen LogP contribution in [0.2, 0.25) is 0 Å². The summed E-state index contributed by atoms with van der Waals surface area (Å²) in [5.41, 5.74) is 6.26. The van der Waals surface area contributed by atoms with Crippen molar-refractivity contribution in [1.29, 1.82) is 0 Å². The Morgan fingerprint density at radius 3 is 2.54 bits per heavy atom. The third-order valence-corrected chi connectivity index (χ3v) is 7.87. The van der Waals surface area contributed by atoms with Crippen molar-refractivity contribution in [3.8, 4) is 28.4 Å².